The molecular formula is C21H25F3O2. The van der Waals surface area contributed by atoms with Crippen LogP contribution in [0.3, 0.4) is 0 Å². The van der Waals surface area contributed by atoms with Crippen LogP contribution in [0.25, 0.3) is 0 Å². The zero-order valence-electron chi connectivity index (χ0n) is 14.8. The molecule has 0 fully saturated rings. The smallest absolute Gasteiger partial charge is 0.419 e. The molecule has 0 aliphatic rings. The first-order valence-electron chi connectivity index (χ1n) is 8.98. The summed E-state index contributed by atoms with van der Waals surface area (Å²) in [5.74, 6) is -0.117. The second-order valence-corrected chi connectivity index (χ2v) is 6.30. The van der Waals surface area contributed by atoms with Gasteiger partial charge in [-0.15, -0.1) is 0 Å². The van der Waals surface area contributed by atoms with Crippen LogP contribution in [0.4, 0.5) is 13.2 Å². The standard InChI is InChI=1S/C21H25F3O2/c22-21(23,24)19-16-18(11-7-14-25)12-13-20(19)26-15-6-2-5-10-17-8-3-1-4-9-17/h1,3-4,8-9,12-13,16,25H,2,5-7,10-11,14-15H2. The monoisotopic (exact) mass is 366 g/mol. The van der Waals surface area contributed by atoms with Crippen molar-refractivity contribution in [3.05, 3.63) is 65.2 Å². The Kier molecular flexibility index (Phi) is 7.98. The van der Waals surface area contributed by atoms with Crippen molar-refractivity contribution in [2.24, 2.45) is 0 Å². The quantitative estimate of drug-likeness (QED) is 0.569. The maximum absolute atomic E-state index is 13.2. The Morgan fingerprint density at radius 1 is 0.808 bits per heavy atom. The minimum absolute atomic E-state index is 0.0391. The van der Waals surface area contributed by atoms with Gasteiger partial charge in [0.2, 0.25) is 0 Å². The minimum Gasteiger partial charge on any atom is -0.493 e. The predicted molar refractivity (Wildman–Crippen MR) is 96.3 cm³/mol. The highest BCUT2D eigenvalue weighted by Crippen LogP contribution is 2.37. The summed E-state index contributed by atoms with van der Waals surface area (Å²) in [6.45, 7) is 0.233. The summed E-state index contributed by atoms with van der Waals surface area (Å²) in [7, 11) is 0. The molecular weight excluding hydrogens is 341 g/mol. The van der Waals surface area contributed by atoms with Crippen LogP contribution in [0.5, 0.6) is 5.75 Å². The molecule has 0 amide bonds. The summed E-state index contributed by atoms with van der Waals surface area (Å²) in [4.78, 5) is 0. The molecule has 0 unspecified atom stereocenters. The summed E-state index contributed by atoms with van der Waals surface area (Å²) in [6.07, 6.45) is -0.00878. The van der Waals surface area contributed by atoms with E-state index >= 15 is 0 Å². The number of benzene rings is 2. The van der Waals surface area contributed by atoms with E-state index in [4.69, 9.17) is 9.84 Å². The number of unbranched alkanes of at least 4 members (excludes halogenated alkanes) is 2. The van der Waals surface area contributed by atoms with E-state index in [0.29, 0.717) is 18.4 Å². The second-order valence-electron chi connectivity index (χ2n) is 6.30. The third-order valence-electron chi connectivity index (χ3n) is 4.18. The summed E-state index contributed by atoms with van der Waals surface area (Å²) in [5, 5.41) is 8.82. The lowest BCUT2D eigenvalue weighted by molar-refractivity contribution is -0.139. The molecule has 0 spiro atoms. The van der Waals surface area contributed by atoms with Crippen molar-refractivity contribution < 1.29 is 23.0 Å². The molecule has 0 aliphatic heterocycles. The molecule has 0 radical (unpaired) electrons. The normalized spacial score (nSPS) is 11.5. The lowest BCUT2D eigenvalue weighted by Crippen LogP contribution is -2.10. The van der Waals surface area contributed by atoms with Gasteiger partial charge in [-0.05, 0) is 61.8 Å². The van der Waals surface area contributed by atoms with Gasteiger partial charge in [-0.3, -0.25) is 0 Å². The highest BCUT2D eigenvalue weighted by atomic mass is 19.4. The van der Waals surface area contributed by atoms with Crippen LogP contribution < -0.4 is 4.74 Å². The zero-order chi connectivity index (χ0) is 18.8. The Morgan fingerprint density at radius 3 is 2.23 bits per heavy atom. The van der Waals surface area contributed by atoms with Crippen molar-refractivity contribution in [2.45, 2.75) is 44.7 Å². The van der Waals surface area contributed by atoms with E-state index in [9.17, 15) is 13.2 Å². The van der Waals surface area contributed by atoms with Crippen LogP contribution >= 0.6 is 0 Å². The van der Waals surface area contributed by atoms with Gasteiger partial charge < -0.3 is 9.84 Å². The van der Waals surface area contributed by atoms with Gasteiger partial charge in [0, 0.05) is 6.61 Å². The summed E-state index contributed by atoms with van der Waals surface area (Å²) in [5.41, 5.74) is 1.09. The first-order valence-corrected chi connectivity index (χ1v) is 8.98. The van der Waals surface area contributed by atoms with E-state index in [1.165, 1.54) is 11.6 Å². The van der Waals surface area contributed by atoms with Crippen LogP contribution in [0.15, 0.2) is 48.5 Å². The number of halogens is 3. The van der Waals surface area contributed by atoms with Gasteiger partial charge in [0.15, 0.2) is 0 Å². The molecule has 0 atom stereocenters. The molecule has 2 aromatic rings. The third-order valence-corrected chi connectivity index (χ3v) is 4.18. The lowest BCUT2D eigenvalue weighted by atomic mass is 10.1. The second kappa shape index (κ2) is 10.2. The number of aryl methyl sites for hydroxylation is 2. The highest BCUT2D eigenvalue weighted by Gasteiger charge is 2.34. The summed E-state index contributed by atoms with van der Waals surface area (Å²) < 4.78 is 45.1. The van der Waals surface area contributed by atoms with Gasteiger partial charge in [-0.25, -0.2) is 0 Å². The van der Waals surface area contributed by atoms with Gasteiger partial charge in [-0.1, -0.05) is 36.4 Å². The van der Waals surface area contributed by atoms with Crippen molar-refractivity contribution in [3.8, 4) is 5.75 Å². The van der Waals surface area contributed by atoms with Crippen LogP contribution in [-0.2, 0) is 19.0 Å². The molecule has 0 aliphatic carbocycles. The number of alkyl halides is 3. The molecule has 2 rings (SSSR count). The first kappa shape index (κ1) is 20.3. The van der Waals surface area contributed by atoms with Gasteiger partial charge in [0.25, 0.3) is 0 Å². The van der Waals surface area contributed by atoms with Crippen molar-refractivity contribution in [1.29, 1.82) is 0 Å². The fourth-order valence-corrected chi connectivity index (χ4v) is 2.80. The largest absolute Gasteiger partial charge is 0.493 e. The van der Waals surface area contributed by atoms with Gasteiger partial charge in [0.05, 0.1) is 12.2 Å². The van der Waals surface area contributed by atoms with Crippen LogP contribution in [0, 0.1) is 0 Å². The van der Waals surface area contributed by atoms with Crippen LogP contribution in [-0.4, -0.2) is 18.3 Å². The molecule has 0 saturated heterocycles. The van der Waals surface area contributed by atoms with Crippen molar-refractivity contribution in [1.82, 2.24) is 0 Å². The summed E-state index contributed by atoms with van der Waals surface area (Å²) >= 11 is 0. The van der Waals surface area contributed by atoms with Crippen molar-refractivity contribution >= 4 is 0 Å². The zero-order valence-corrected chi connectivity index (χ0v) is 14.8. The fourth-order valence-electron chi connectivity index (χ4n) is 2.80. The lowest BCUT2D eigenvalue weighted by Gasteiger charge is -2.15. The minimum atomic E-state index is -4.45. The number of ether oxygens (including phenoxy) is 1. The molecule has 26 heavy (non-hydrogen) atoms. The molecule has 0 aromatic heterocycles. The molecule has 5 heteroatoms. The Labute approximate surface area is 152 Å². The first-order chi connectivity index (χ1) is 12.5. The Morgan fingerprint density at radius 2 is 1.54 bits per heavy atom. The molecule has 0 heterocycles. The van der Waals surface area contributed by atoms with E-state index < -0.39 is 11.7 Å². The van der Waals surface area contributed by atoms with Gasteiger partial charge in [0.1, 0.15) is 5.75 Å². The van der Waals surface area contributed by atoms with Crippen LogP contribution in [0.1, 0.15) is 42.4 Å². The number of aliphatic hydroxyl groups excluding tert-OH is 1. The Hall–Kier alpha value is -2.01. The van der Waals surface area contributed by atoms with E-state index in [1.54, 1.807) is 6.07 Å². The van der Waals surface area contributed by atoms with Gasteiger partial charge >= 0.3 is 6.18 Å². The van der Waals surface area contributed by atoms with Crippen molar-refractivity contribution in [3.63, 3.8) is 0 Å². The molecule has 142 valence electrons. The van der Waals surface area contributed by atoms with Gasteiger partial charge in [-0.2, -0.15) is 13.2 Å². The van der Waals surface area contributed by atoms with E-state index in [0.717, 1.165) is 31.7 Å². The van der Waals surface area contributed by atoms with Crippen molar-refractivity contribution in [2.75, 3.05) is 13.2 Å². The number of rotatable bonds is 10. The third kappa shape index (κ3) is 6.71. The molecule has 2 nitrogen and oxygen atoms in total. The SMILES string of the molecule is OCCCc1ccc(OCCCCCc2ccccc2)c(C(F)(F)F)c1. The molecule has 0 saturated carbocycles. The Bertz CT molecular complexity index is 654. The average molecular weight is 366 g/mol. The number of hydrogen-bond donors (Lipinski definition) is 1. The van der Waals surface area contributed by atoms with E-state index in [1.807, 2.05) is 18.2 Å². The van der Waals surface area contributed by atoms with Crippen LogP contribution in [0.2, 0.25) is 0 Å². The fraction of sp³-hybridized carbons (Fsp3) is 0.429. The number of aliphatic hydroxyl groups is 1. The predicted octanol–water partition coefficient (Wildman–Crippen LogP) is 5.42. The number of hydrogen-bond acceptors (Lipinski definition) is 2. The van der Waals surface area contributed by atoms with E-state index in [2.05, 4.69) is 12.1 Å². The van der Waals surface area contributed by atoms with E-state index in [-0.39, 0.29) is 19.0 Å². The molecule has 1 N–H and O–H groups in total. The average Bonchev–Trinajstić information content (AvgIpc) is 2.63. The maximum Gasteiger partial charge on any atom is 0.419 e. The highest BCUT2D eigenvalue weighted by molar-refractivity contribution is 5.39. The maximum atomic E-state index is 13.2. The summed E-state index contributed by atoms with van der Waals surface area (Å²) in [6, 6.07) is 14.3. The Balaban J connectivity index is 1.82. The molecule has 0 bridgehead atoms. The molecule has 2 aromatic carbocycles. The topological polar surface area (TPSA) is 29.5 Å².